The predicted octanol–water partition coefficient (Wildman–Crippen LogP) is 2.24. The molecule has 1 unspecified atom stereocenters. The Hall–Kier alpha value is -2.26. The van der Waals surface area contributed by atoms with Crippen LogP contribution in [-0.2, 0) is 16.4 Å². The third-order valence-corrected chi connectivity index (χ3v) is 8.42. The second-order valence-corrected chi connectivity index (χ2v) is 10.7. The standard InChI is InChI=1S/C21H26N4O4S/c26-21(19-13-20(29-24-19)15-1-2-15)23-16-11-17-3-4-18(12-16)25(17)30(27,28)10-7-14-5-8-22-9-6-14/h5-6,8-9,13,15-18H,1-4,7,10-12H2,(H,23,26)/t16?,17-,18+. The fourth-order valence-corrected chi connectivity index (χ4v) is 6.82. The third-order valence-electron chi connectivity index (χ3n) is 6.46. The first-order valence-electron chi connectivity index (χ1n) is 10.7. The van der Waals surface area contributed by atoms with Crippen molar-refractivity contribution in [2.24, 2.45) is 0 Å². The zero-order valence-electron chi connectivity index (χ0n) is 16.7. The Labute approximate surface area is 176 Å². The predicted molar refractivity (Wildman–Crippen MR) is 109 cm³/mol. The number of nitrogens with zero attached hydrogens (tertiary/aromatic N) is 3. The molecule has 4 heterocycles. The number of amides is 1. The summed E-state index contributed by atoms with van der Waals surface area (Å²) in [4.78, 5) is 16.5. The van der Waals surface area contributed by atoms with Crippen LogP contribution in [0, 0.1) is 0 Å². The Morgan fingerprint density at radius 3 is 2.50 bits per heavy atom. The van der Waals surface area contributed by atoms with E-state index in [1.807, 2.05) is 12.1 Å². The molecule has 2 aromatic rings. The van der Waals surface area contributed by atoms with E-state index in [9.17, 15) is 13.2 Å². The Balaban J connectivity index is 1.20. The molecule has 1 saturated carbocycles. The maximum atomic E-state index is 13.0. The summed E-state index contributed by atoms with van der Waals surface area (Å²) < 4.78 is 33.1. The average Bonchev–Trinajstić information content (AvgIpc) is 3.39. The molecule has 3 aliphatic rings. The van der Waals surface area contributed by atoms with E-state index < -0.39 is 10.0 Å². The lowest BCUT2D eigenvalue weighted by atomic mass is 9.99. The summed E-state index contributed by atoms with van der Waals surface area (Å²) >= 11 is 0. The molecule has 0 spiro atoms. The lowest BCUT2D eigenvalue weighted by molar-refractivity contribution is 0.0900. The smallest absolute Gasteiger partial charge is 0.273 e. The highest BCUT2D eigenvalue weighted by Crippen LogP contribution is 2.40. The third kappa shape index (κ3) is 4.00. The van der Waals surface area contributed by atoms with Gasteiger partial charge in [-0.3, -0.25) is 9.78 Å². The Kier molecular flexibility index (Phi) is 5.10. The number of hydrogen-bond donors (Lipinski definition) is 1. The number of carbonyl (C=O) groups is 1. The first-order valence-corrected chi connectivity index (χ1v) is 12.3. The minimum atomic E-state index is -3.35. The molecule has 2 aliphatic heterocycles. The SMILES string of the molecule is O=C(NC1C[C@H]2CC[C@@H](C1)N2S(=O)(=O)CCc1ccncc1)c1cc(C2CC2)on1. The molecule has 0 aromatic carbocycles. The quantitative estimate of drug-likeness (QED) is 0.722. The van der Waals surface area contributed by atoms with E-state index in [-0.39, 0.29) is 29.8 Å². The van der Waals surface area contributed by atoms with Crippen molar-refractivity contribution in [3.63, 3.8) is 0 Å². The van der Waals surface area contributed by atoms with Gasteiger partial charge < -0.3 is 9.84 Å². The summed E-state index contributed by atoms with van der Waals surface area (Å²) in [7, 11) is -3.35. The first-order chi connectivity index (χ1) is 14.5. The summed E-state index contributed by atoms with van der Waals surface area (Å²) in [5, 5.41) is 6.95. The van der Waals surface area contributed by atoms with E-state index >= 15 is 0 Å². The summed E-state index contributed by atoms with van der Waals surface area (Å²) in [6.07, 6.45) is 9.01. The van der Waals surface area contributed by atoms with E-state index in [1.165, 1.54) is 0 Å². The summed E-state index contributed by atoms with van der Waals surface area (Å²) in [6, 6.07) is 5.31. The highest BCUT2D eigenvalue weighted by molar-refractivity contribution is 7.89. The van der Waals surface area contributed by atoms with Crippen LogP contribution in [0.5, 0.6) is 0 Å². The lowest BCUT2D eigenvalue weighted by Gasteiger charge is -2.38. The van der Waals surface area contributed by atoms with Crippen molar-refractivity contribution in [1.82, 2.24) is 19.8 Å². The molecular weight excluding hydrogens is 404 g/mol. The number of nitrogens with one attached hydrogen (secondary N) is 1. The molecule has 2 saturated heterocycles. The lowest BCUT2D eigenvalue weighted by Crippen LogP contribution is -2.53. The Bertz CT molecular complexity index is 1000. The van der Waals surface area contributed by atoms with E-state index in [0.29, 0.717) is 30.9 Å². The van der Waals surface area contributed by atoms with Gasteiger partial charge in [-0.15, -0.1) is 0 Å². The topological polar surface area (TPSA) is 105 Å². The summed E-state index contributed by atoms with van der Waals surface area (Å²) in [6.45, 7) is 0. The van der Waals surface area contributed by atoms with Gasteiger partial charge in [0, 0.05) is 42.5 Å². The van der Waals surface area contributed by atoms with Crippen LogP contribution in [0.3, 0.4) is 0 Å². The maximum Gasteiger partial charge on any atom is 0.273 e. The molecule has 3 atom stereocenters. The zero-order valence-corrected chi connectivity index (χ0v) is 17.6. The normalized spacial score (nSPS) is 26.6. The van der Waals surface area contributed by atoms with Crippen molar-refractivity contribution in [2.75, 3.05) is 5.75 Å². The first kappa shape index (κ1) is 19.7. The molecule has 8 nitrogen and oxygen atoms in total. The Morgan fingerprint density at radius 1 is 1.13 bits per heavy atom. The number of aromatic nitrogens is 2. The van der Waals surface area contributed by atoms with Gasteiger partial charge in [-0.2, -0.15) is 4.31 Å². The fourth-order valence-electron chi connectivity index (χ4n) is 4.82. The van der Waals surface area contributed by atoms with Crippen LogP contribution >= 0.6 is 0 Å². The second kappa shape index (κ2) is 7.77. The van der Waals surface area contributed by atoms with Gasteiger partial charge in [-0.25, -0.2) is 8.42 Å². The monoisotopic (exact) mass is 430 g/mol. The van der Waals surface area contributed by atoms with Crippen LogP contribution < -0.4 is 5.32 Å². The largest absolute Gasteiger partial charge is 0.360 e. The van der Waals surface area contributed by atoms with Crippen molar-refractivity contribution >= 4 is 15.9 Å². The van der Waals surface area contributed by atoms with Crippen LogP contribution in [-0.4, -0.2) is 52.6 Å². The van der Waals surface area contributed by atoms with Crippen molar-refractivity contribution in [3.05, 3.63) is 47.6 Å². The average molecular weight is 431 g/mol. The maximum absolute atomic E-state index is 13.0. The molecule has 160 valence electrons. The van der Waals surface area contributed by atoms with Crippen LogP contribution in [0.2, 0.25) is 0 Å². The van der Waals surface area contributed by atoms with Gasteiger partial charge in [0.25, 0.3) is 5.91 Å². The number of pyridine rings is 1. The molecule has 2 aromatic heterocycles. The number of sulfonamides is 1. The van der Waals surface area contributed by atoms with Gasteiger partial charge in [-0.05, 0) is 62.6 Å². The zero-order chi connectivity index (χ0) is 20.7. The van der Waals surface area contributed by atoms with E-state index in [4.69, 9.17) is 4.52 Å². The highest BCUT2D eigenvalue weighted by Gasteiger charge is 2.46. The molecular formula is C21H26N4O4S. The van der Waals surface area contributed by atoms with Crippen LogP contribution in [0.4, 0.5) is 0 Å². The van der Waals surface area contributed by atoms with Gasteiger partial charge in [0.2, 0.25) is 10.0 Å². The highest BCUT2D eigenvalue weighted by atomic mass is 32.2. The number of carbonyl (C=O) groups excluding carboxylic acids is 1. The van der Waals surface area contributed by atoms with Gasteiger partial charge in [0.1, 0.15) is 5.76 Å². The molecule has 1 N–H and O–H groups in total. The van der Waals surface area contributed by atoms with Gasteiger partial charge in [0.15, 0.2) is 5.69 Å². The van der Waals surface area contributed by atoms with E-state index in [2.05, 4.69) is 15.5 Å². The van der Waals surface area contributed by atoms with Crippen LogP contribution in [0.1, 0.15) is 66.3 Å². The van der Waals surface area contributed by atoms with Crippen molar-refractivity contribution in [3.8, 4) is 0 Å². The molecule has 3 fully saturated rings. The number of hydrogen-bond acceptors (Lipinski definition) is 6. The number of rotatable bonds is 7. The van der Waals surface area contributed by atoms with Gasteiger partial charge in [-0.1, -0.05) is 5.16 Å². The van der Waals surface area contributed by atoms with Crippen LogP contribution in [0.25, 0.3) is 0 Å². The molecule has 1 amide bonds. The number of piperidine rings is 1. The number of aryl methyl sites for hydroxylation is 1. The second-order valence-electron chi connectivity index (χ2n) is 8.67. The summed E-state index contributed by atoms with van der Waals surface area (Å²) in [5.41, 5.74) is 1.29. The van der Waals surface area contributed by atoms with E-state index in [1.54, 1.807) is 22.8 Å². The van der Waals surface area contributed by atoms with Crippen molar-refractivity contribution in [1.29, 1.82) is 0 Å². The molecule has 5 rings (SSSR count). The minimum absolute atomic E-state index is 0.0391. The molecule has 0 radical (unpaired) electrons. The molecule has 1 aliphatic carbocycles. The van der Waals surface area contributed by atoms with Crippen LogP contribution in [0.15, 0.2) is 35.1 Å². The van der Waals surface area contributed by atoms with Crippen molar-refractivity contribution in [2.45, 2.75) is 69.0 Å². The van der Waals surface area contributed by atoms with E-state index in [0.717, 1.165) is 37.0 Å². The fraction of sp³-hybridized carbons (Fsp3) is 0.571. The van der Waals surface area contributed by atoms with Gasteiger partial charge >= 0.3 is 0 Å². The molecule has 2 bridgehead atoms. The number of fused-ring (bicyclic) bond motifs is 2. The Morgan fingerprint density at radius 2 is 1.83 bits per heavy atom. The van der Waals surface area contributed by atoms with Gasteiger partial charge in [0.05, 0.1) is 5.75 Å². The summed E-state index contributed by atoms with van der Waals surface area (Å²) in [5.74, 6) is 1.07. The molecule has 9 heteroatoms. The molecule has 30 heavy (non-hydrogen) atoms. The minimum Gasteiger partial charge on any atom is -0.360 e. The van der Waals surface area contributed by atoms with Crippen molar-refractivity contribution < 1.29 is 17.7 Å².